The Morgan fingerprint density at radius 2 is 2.17 bits per heavy atom. The van der Waals surface area contributed by atoms with Gasteiger partial charge in [0.1, 0.15) is 12.4 Å². The van der Waals surface area contributed by atoms with E-state index in [0.717, 1.165) is 24.6 Å². The van der Waals surface area contributed by atoms with Gasteiger partial charge in [-0.1, -0.05) is 6.92 Å². The second-order valence-corrected chi connectivity index (χ2v) is 3.60. The van der Waals surface area contributed by atoms with Gasteiger partial charge in [-0.2, -0.15) is 0 Å². The van der Waals surface area contributed by atoms with Gasteiger partial charge in [0.25, 0.3) is 0 Å². The highest BCUT2D eigenvalue weighted by Gasteiger charge is 2.13. The molecule has 0 aliphatic carbocycles. The normalized spacial score (nSPS) is 10.1. The number of halogens is 1. The van der Waals surface area contributed by atoms with Crippen LogP contribution in [0.25, 0.3) is 0 Å². The average Bonchev–Trinajstić information content (AvgIpc) is 2.29. The minimum atomic E-state index is -1.24. The van der Waals surface area contributed by atoms with Crippen LogP contribution in [-0.4, -0.2) is 30.2 Å². The zero-order valence-corrected chi connectivity index (χ0v) is 9.90. The van der Waals surface area contributed by atoms with Crippen LogP contribution >= 0.6 is 0 Å². The number of ether oxygens (including phenoxy) is 1. The molecule has 1 aromatic carbocycles. The van der Waals surface area contributed by atoms with Crippen molar-refractivity contribution in [2.45, 2.75) is 13.3 Å². The fraction of sp³-hybridized carbons (Fsp3) is 0.333. The van der Waals surface area contributed by atoms with Gasteiger partial charge in [-0.25, -0.2) is 9.18 Å². The van der Waals surface area contributed by atoms with Crippen molar-refractivity contribution in [2.24, 2.45) is 0 Å². The minimum Gasteiger partial charge on any atom is -0.478 e. The number of benzene rings is 1. The topological polar surface area (TPSA) is 75.6 Å². The minimum absolute atomic E-state index is 0.0763. The fourth-order valence-corrected chi connectivity index (χ4v) is 1.30. The maximum atomic E-state index is 13.0. The van der Waals surface area contributed by atoms with Gasteiger partial charge in [0.15, 0.2) is 0 Å². The Morgan fingerprint density at radius 3 is 2.78 bits per heavy atom. The van der Waals surface area contributed by atoms with Crippen LogP contribution in [0, 0.1) is 5.82 Å². The van der Waals surface area contributed by atoms with Gasteiger partial charge < -0.3 is 15.2 Å². The predicted molar refractivity (Wildman–Crippen MR) is 63.1 cm³/mol. The van der Waals surface area contributed by atoms with Crippen LogP contribution < -0.4 is 5.32 Å². The third kappa shape index (κ3) is 4.14. The number of rotatable bonds is 6. The van der Waals surface area contributed by atoms with E-state index in [0.29, 0.717) is 6.61 Å². The van der Waals surface area contributed by atoms with E-state index < -0.39 is 17.7 Å². The van der Waals surface area contributed by atoms with Crippen molar-refractivity contribution in [3.8, 4) is 0 Å². The van der Waals surface area contributed by atoms with E-state index in [4.69, 9.17) is 9.84 Å². The lowest BCUT2D eigenvalue weighted by Gasteiger charge is -2.08. The lowest BCUT2D eigenvalue weighted by atomic mass is 10.1. The molecule has 2 N–H and O–H groups in total. The summed E-state index contributed by atoms with van der Waals surface area (Å²) in [7, 11) is 0. The molecule has 6 heteroatoms. The number of amides is 1. The van der Waals surface area contributed by atoms with E-state index in [9.17, 15) is 14.0 Å². The van der Waals surface area contributed by atoms with Crippen molar-refractivity contribution in [1.29, 1.82) is 0 Å². The second-order valence-electron chi connectivity index (χ2n) is 3.60. The van der Waals surface area contributed by atoms with E-state index in [-0.39, 0.29) is 17.9 Å². The van der Waals surface area contributed by atoms with Gasteiger partial charge in [-0.05, 0) is 24.6 Å². The molecule has 1 aromatic rings. The molecule has 5 nitrogen and oxygen atoms in total. The fourth-order valence-electron chi connectivity index (χ4n) is 1.30. The summed E-state index contributed by atoms with van der Waals surface area (Å²) < 4.78 is 18.0. The van der Waals surface area contributed by atoms with Crippen LogP contribution in [0.5, 0.6) is 0 Å². The van der Waals surface area contributed by atoms with Crippen molar-refractivity contribution in [3.05, 3.63) is 29.6 Å². The molecule has 0 spiro atoms. The smallest absolute Gasteiger partial charge is 0.337 e. The molecule has 0 fully saturated rings. The highest BCUT2D eigenvalue weighted by molar-refractivity contribution is 6.00. The van der Waals surface area contributed by atoms with Crippen LogP contribution in [-0.2, 0) is 9.53 Å². The first-order valence-electron chi connectivity index (χ1n) is 5.45. The summed E-state index contributed by atoms with van der Waals surface area (Å²) in [6.45, 7) is 2.14. The number of aromatic carboxylic acids is 1. The largest absolute Gasteiger partial charge is 0.478 e. The van der Waals surface area contributed by atoms with Crippen molar-refractivity contribution in [1.82, 2.24) is 0 Å². The second kappa shape index (κ2) is 6.70. The molecule has 0 saturated heterocycles. The molecule has 1 rings (SSSR count). The molecule has 0 aromatic heterocycles. The van der Waals surface area contributed by atoms with E-state index in [1.165, 1.54) is 0 Å². The molecule has 0 saturated carbocycles. The number of carboxylic acid groups (broad SMARTS) is 1. The van der Waals surface area contributed by atoms with Crippen LogP contribution in [0.15, 0.2) is 18.2 Å². The lowest BCUT2D eigenvalue weighted by molar-refractivity contribution is -0.120. The molecule has 0 aliphatic heterocycles. The molecule has 18 heavy (non-hydrogen) atoms. The SMILES string of the molecule is CCCOCC(=O)Nc1cc(F)ccc1C(=O)O. The van der Waals surface area contributed by atoms with Crippen LogP contribution in [0.1, 0.15) is 23.7 Å². The van der Waals surface area contributed by atoms with Crippen LogP contribution in [0.2, 0.25) is 0 Å². The van der Waals surface area contributed by atoms with E-state index in [1.807, 2.05) is 6.92 Å². The Hall–Kier alpha value is -1.95. The number of anilines is 1. The molecule has 0 bridgehead atoms. The number of carbonyl (C=O) groups excluding carboxylic acids is 1. The van der Waals surface area contributed by atoms with Crippen molar-refractivity contribution < 1.29 is 23.8 Å². The molecule has 1 amide bonds. The van der Waals surface area contributed by atoms with Crippen LogP contribution in [0.4, 0.5) is 10.1 Å². The Labute approximate surface area is 104 Å². The summed E-state index contributed by atoms with van der Waals surface area (Å²) in [5, 5.41) is 11.2. The molecular formula is C12H14FNO4. The lowest BCUT2D eigenvalue weighted by Crippen LogP contribution is -2.20. The average molecular weight is 255 g/mol. The number of nitrogens with one attached hydrogen (secondary N) is 1. The maximum Gasteiger partial charge on any atom is 0.337 e. The van der Waals surface area contributed by atoms with Crippen molar-refractivity contribution >= 4 is 17.6 Å². The zero-order chi connectivity index (χ0) is 13.5. The molecule has 0 unspecified atom stereocenters. The van der Waals surface area contributed by atoms with Gasteiger partial charge in [0.2, 0.25) is 5.91 Å². The predicted octanol–water partition coefficient (Wildman–Crippen LogP) is 1.89. The summed E-state index contributed by atoms with van der Waals surface area (Å²) in [6, 6.07) is 3.08. The highest BCUT2D eigenvalue weighted by atomic mass is 19.1. The summed E-state index contributed by atoms with van der Waals surface area (Å²) in [5.41, 5.74) is -0.243. The summed E-state index contributed by atoms with van der Waals surface area (Å²) in [6.07, 6.45) is 0.771. The quantitative estimate of drug-likeness (QED) is 0.761. The number of carboxylic acids is 1. The molecule has 98 valence electrons. The molecule has 0 radical (unpaired) electrons. The van der Waals surface area contributed by atoms with E-state index in [1.54, 1.807) is 0 Å². The van der Waals surface area contributed by atoms with E-state index in [2.05, 4.69) is 5.32 Å². The van der Waals surface area contributed by atoms with Gasteiger partial charge in [-0.15, -0.1) is 0 Å². The van der Waals surface area contributed by atoms with Crippen molar-refractivity contribution in [2.75, 3.05) is 18.5 Å². The van der Waals surface area contributed by atoms with Gasteiger partial charge in [0.05, 0.1) is 11.3 Å². The summed E-state index contributed by atoms with van der Waals surface area (Å²) in [4.78, 5) is 22.3. The number of hydrogen-bond acceptors (Lipinski definition) is 3. The molecular weight excluding hydrogens is 241 g/mol. The Balaban J connectivity index is 2.73. The molecule has 0 heterocycles. The van der Waals surface area contributed by atoms with Crippen LogP contribution in [0.3, 0.4) is 0 Å². The summed E-state index contributed by atoms with van der Waals surface area (Å²) in [5.74, 6) is -2.37. The first kappa shape index (κ1) is 14.1. The Kier molecular flexibility index (Phi) is 5.26. The van der Waals surface area contributed by atoms with Crippen molar-refractivity contribution in [3.63, 3.8) is 0 Å². The Bertz CT molecular complexity index is 448. The maximum absolute atomic E-state index is 13.0. The third-order valence-corrected chi connectivity index (χ3v) is 2.07. The zero-order valence-electron chi connectivity index (χ0n) is 9.90. The van der Waals surface area contributed by atoms with Gasteiger partial charge >= 0.3 is 5.97 Å². The highest BCUT2D eigenvalue weighted by Crippen LogP contribution is 2.17. The van der Waals surface area contributed by atoms with E-state index >= 15 is 0 Å². The standard InChI is InChI=1S/C12H14FNO4/c1-2-5-18-7-11(15)14-10-6-8(13)3-4-9(10)12(16)17/h3-4,6H,2,5,7H2,1H3,(H,14,15)(H,16,17). The number of carbonyl (C=O) groups is 2. The number of hydrogen-bond donors (Lipinski definition) is 2. The monoisotopic (exact) mass is 255 g/mol. The molecule has 0 aliphatic rings. The first-order valence-corrected chi connectivity index (χ1v) is 5.45. The first-order chi connectivity index (χ1) is 8.54. The third-order valence-electron chi connectivity index (χ3n) is 2.07. The summed E-state index contributed by atoms with van der Waals surface area (Å²) >= 11 is 0. The Morgan fingerprint density at radius 1 is 1.44 bits per heavy atom. The van der Waals surface area contributed by atoms with Gasteiger partial charge in [-0.3, -0.25) is 4.79 Å². The molecule has 0 atom stereocenters. The van der Waals surface area contributed by atoms with Gasteiger partial charge in [0, 0.05) is 6.61 Å².